The second kappa shape index (κ2) is 43.8. The zero-order valence-corrected chi connectivity index (χ0v) is 78.2. The molecule has 0 aliphatic carbocycles. The van der Waals surface area contributed by atoms with Crippen molar-refractivity contribution in [3.63, 3.8) is 0 Å². The molecule has 4 aromatic carbocycles. The third-order valence-corrected chi connectivity index (χ3v) is 25.5. The number of pyridine rings is 8. The van der Waals surface area contributed by atoms with Crippen LogP contribution < -0.4 is 24.4 Å². The molecule has 0 amide bonds. The van der Waals surface area contributed by atoms with Gasteiger partial charge in [-0.05, 0) is 270 Å². The van der Waals surface area contributed by atoms with Gasteiger partial charge in [-0.3, -0.25) is 39.9 Å². The predicted molar refractivity (Wildman–Crippen MR) is 507 cm³/mol. The van der Waals surface area contributed by atoms with E-state index >= 15 is 0 Å². The zero-order valence-electron chi connectivity index (χ0n) is 75.3. The molecule has 10 aromatic heterocycles. The van der Waals surface area contributed by atoms with E-state index in [9.17, 15) is 0 Å². The van der Waals surface area contributed by atoms with Gasteiger partial charge in [0.05, 0.1) is 98.6 Å². The number of hydrogen-bond acceptors (Lipinski definition) is 20. The van der Waals surface area contributed by atoms with Gasteiger partial charge in [-0.25, -0.2) is 0 Å². The second-order valence-corrected chi connectivity index (χ2v) is 35.8. The van der Waals surface area contributed by atoms with E-state index in [1.54, 1.807) is 49.4 Å². The van der Waals surface area contributed by atoms with Gasteiger partial charge in [-0.2, -0.15) is 19.8 Å². The summed E-state index contributed by atoms with van der Waals surface area (Å²) < 4.78 is 37.1. The average Bonchev–Trinajstić information content (AvgIpc) is 1.65. The lowest BCUT2D eigenvalue weighted by Gasteiger charge is -2.34. The molecule has 0 spiro atoms. The molecule has 4 unspecified atom stereocenters. The van der Waals surface area contributed by atoms with Crippen LogP contribution in [-0.4, -0.2) is 84.7 Å². The smallest absolute Gasteiger partial charge is 0.486 e. The van der Waals surface area contributed by atoms with Crippen LogP contribution in [0.15, 0.2) is 292 Å². The molecule has 4 atom stereocenters. The SMILES string of the molecule is CC(C)C(C)(c1ccc(-c2ccc(Cl)nn2)cc1)c1ccc(OCc2ccccn2)cn1.CC(C)C(C)(c1ccc(B2OC(C)(C)C(C)(C)O2)cc1)c1ccc(OCc2ccccn2)cn1.CC(C)C(C)(c1ccc(I)cc1)c1ccc(OCc2ccccn2)cn1.Cc1ccc(-c2ccc(C(C)(c3ccc(OCc4ccccn4)cn3)C(C)C)cc2)nn1.O=C=O. The van der Waals surface area contributed by atoms with E-state index < -0.39 is 0 Å². The van der Waals surface area contributed by atoms with Gasteiger partial charge < -0.3 is 28.3 Å². The fourth-order valence-corrected chi connectivity index (χ4v) is 15.0. The highest BCUT2D eigenvalue weighted by atomic mass is 127. The van der Waals surface area contributed by atoms with Crippen LogP contribution in [0.3, 0.4) is 0 Å². The molecule has 1 fully saturated rings. The summed E-state index contributed by atoms with van der Waals surface area (Å²) in [5.41, 5.74) is 16.6. The molecule has 15 rings (SSSR count). The Kier molecular flexibility index (Phi) is 32.9. The monoisotopic (exact) mass is 1830 g/mol. The fraction of sp³-hybridized carbons (Fsp3) is 0.298. The molecule has 652 valence electrons. The molecular formula is C104H111BClIN12O8. The van der Waals surface area contributed by atoms with Crippen molar-refractivity contribution in [3.05, 3.63) is 374 Å². The minimum absolute atomic E-state index is 0.149. The molecule has 0 radical (unpaired) electrons. The maximum atomic E-state index is 8.12. The van der Waals surface area contributed by atoms with Gasteiger partial charge >= 0.3 is 13.3 Å². The Morgan fingerprint density at radius 3 is 0.890 bits per heavy atom. The number of nitrogens with zero attached hydrogens (tertiary/aromatic N) is 12. The first-order valence-electron chi connectivity index (χ1n) is 42.6. The summed E-state index contributed by atoms with van der Waals surface area (Å²) in [6, 6.07) is 81.3. The number of halogens is 2. The quantitative estimate of drug-likeness (QED) is 0.0343. The normalized spacial score (nSPS) is 14.4. The van der Waals surface area contributed by atoms with Crippen molar-refractivity contribution in [2.24, 2.45) is 23.7 Å². The highest BCUT2D eigenvalue weighted by Gasteiger charge is 2.52. The Morgan fingerprint density at radius 1 is 0.362 bits per heavy atom. The lowest BCUT2D eigenvalue weighted by atomic mass is 9.69. The van der Waals surface area contributed by atoms with Gasteiger partial charge in [0.1, 0.15) is 49.4 Å². The molecule has 0 saturated carbocycles. The van der Waals surface area contributed by atoms with Crippen molar-refractivity contribution in [1.82, 2.24) is 60.3 Å². The van der Waals surface area contributed by atoms with E-state index in [0.717, 1.165) is 102 Å². The Morgan fingerprint density at radius 2 is 0.646 bits per heavy atom. The number of rotatable bonds is 27. The van der Waals surface area contributed by atoms with E-state index in [4.69, 9.17) is 69.4 Å². The van der Waals surface area contributed by atoms with Gasteiger partial charge in [0, 0.05) is 61.1 Å². The molecular weight excluding hydrogens is 1720 g/mol. The van der Waals surface area contributed by atoms with Crippen molar-refractivity contribution < 1.29 is 37.8 Å². The first-order chi connectivity index (χ1) is 60.9. The maximum Gasteiger partial charge on any atom is 0.494 e. The van der Waals surface area contributed by atoms with Gasteiger partial charge in [0.15, 0.2) is 5.15 Å². The predicted octanol–water partition coefficient (Wildman–Crippen LogP) is 22.3. The van der Waals surface area contributed by atoms with Crippen molar-refractivity contribution in [3.8, 4) is 45.5 Å². The number of ether oxygens (including phenoxy) is 4. The summed E-state index contributed by atoms with van der Waals surface area (Å²) in [7, 11) is -0.363. The van der Waals surface area contributed by atoms with E-state index in [-0.39, 0.29) is 46.1 Å². The van der Waals surface area contributed by atoms with Gasteiger partial charge in [-0.15, -0.1) is 10.2 Å². The molecule has 0 bridgehead atoms. The number of carbonyl (C=O) groups excluding carboxylic acids is 2. The van der Waals surface area contributed by atoms with Crippen LogP contribution in [0, 0.1) is 34.2 Å². The zero-order chi connectivity index (χ0) is 90.9. The van der Waals surface area contributed by atoms with E-state index in [0.29, 0.717) is 55.3 Å². The van der Waals surface area contributed by atoms with Crippen LogP contribution in [0.2, 0.25) is 5.15 Å². The standard InChI is InChI=1S/C28H35BN2O3.C27H28N4O.C26H25ClN4O.C22H23IN2O.CO2/c1-20(2)28(7,25-16-15-24(18-31-25)32-19-23-10-8-9-17-30-23)21-11-13-22(14-12-21)29-33-26(3,4)27(5,6)34-29;1-19(2)27(4,22-11-9-21(10-12-22)25-14-8-20(3)30-31-25)26-15-13-24(17-29-26)32-18-23-7-5-6-16-28-23;1-18(2)26(3,20-9-7-19(8-10-20)23-12-14-25(27)31-30-23)24-13-11-22(16-29-24)32-17-21-6-4-5-15-28-21;1-16(2)22(3,17-7-9-18(23)10-8-17)21-12-11-20(14-25-21)26-15-19-6-4-5-13-24-19;2-1-3/h8-18,20H,19H2,1-7H3;5-17,19H,18H2,1-4H3;4-16,18H,17H2,1-3H3;4-14,16H,15H2,1-3H3;. The Hall–Kier alpha value is -12.2. The van der Waals surface area contributed by atoms with Crippen molar-refractivity contribution >= 4 is 52.9 Å². The molecule has 11 heterocycles. The van der Waals surface area contributed by atoms with E-state index in [1.807, 2.05) is 134 Å². The van der Waals surface area contributed by atoms with Crippen molar-refractivity contribution in [2.75, 3.05) is 0 Å². The first kappa shape index (κ1) is 95.5. The molecule has 20 nitrogen and oxygen atoms in total. The van der Waals surface area contributed by atoms with Crippen LogP contribution in [0.25, 0.3) is 22.5 Å². The third-order valence-electron chi connectivity index (χ3n) is 24.6. The third kappa shape index (κ3) is 24.1. The average molecular weight is 1830 g/mol. The minimum Gasteiger partial charge on any atom is -0.486 e. The van der Waals surface area contributed by atoms with Crippen molar-refractivity contribution in [2.45, 2.75) is 177 Å². The minimum atomic E-state index is -0.363. The van der Waals surface area contributed by atoms with Crippen LogP contribution in [-0.2, 0) is 67.0 Å². The van der Waals surface area contributed by atoms with Crippen molar-refractivity contribution in [1.29, 1.82) is 0 Å². The van der Waals surface area contributed by atoms with Crippen LogP contribution in [0.4, 0.5) is 0 Å². The molecule has 14 aromatic rings. The van der Waals surface area contributed by atoms with E-state index in [1.165, 1.54) is 25.8 Å². The highest BCUT2D eigenvalue weighted by Crippen LogP contribution is 2.44. The highest BCUT2D eigenvalue weighted by molar-refractivity contribution is 14.1. The van der Waals surface area contributed by atoms with Gasteiger partial charge in [0.25, 0.3) is 0 Å². The summed E-state index contributed by atoms with van der Waals surface area (Å²) in [6.07, 6.45) is 14.5. The summed E-state index contributed by atoms with van der Waals surface area (Å²) in [6.45, 7) is 38.8. The summed E-state index contributed by atoms with van der Waals surface area (Å²) in [4.78, 5) is 52.5. The molecule has 0 N–H and O–H groups in total. The molecule has 127 heavy (non-hydrogen) atoms. The fourth-order valence-electron chi connectivity index (χ4n) is 14.5. The van der Waals surface area contributed by atoms with Crippen LogP contribution >= 0.6 is 34.2 Å². The number of aromatic nitrogens is 12. The summed E-state index contributed by atoms with van der Waals surface area (Å²) >= 11 is 8.19. The summed E-state index contributed by atoms with van der Waals surface area (Å²) in [5.74, 6) is 4.38. The Bertz CT molecular complexity index is 5550. The molecule has 1 aliphatic heterocycles. The number of aryl methyl sites for hydroxylation is 1. The largest absolute Gasteiger partial charge is 0.494 e. The van der Waals surface area contributed by atoms with Crippen LogP contribution in [0.1, 0.15) is 184 Å². The maximum absolute atomic E-state index is 8.12. The number of hydrogen-bond donors (Lipinski definition) is 0. The second-order valence-electron chi connectivity index (χ2n) is 34.1. The molecule has 1 saturated heterocycles. The topological polar surface area (TPSA) is 244 Å². The lowest BCUT2D eigenvalue weighted by Crippen LogP contribution is -2.41. The lowest BCUT2D eigenvalue weighted by molar-refractivity contribution is -0.191. The Labute approximate surface area is 766 Å². The van der Waals surface area contributed by atoms with E-state index in [2.05, 4.69) is 289 Å². The molecule has 23 heteroatoms. The summed E-state index contributed by atoms with van der Waals surface area (Å²) in [5, 5.41) is 17.0. The van der Waals surface area contributed by atoms with Gasteiger partial charge in [-0.1, -0.05) is 176 Å². The molecule has 1 aliphatic rings. The first-order valence-corrected chi connectivity index (χ1v) is 44.0. The van der Waals surface area contributed by atoms with Gasteiger partial charge in [0.2, 0.25) is 0 Å². The Balaban J connectivity index is 0.000000163. The number of benzene rings is 4. The van der Waals surface area contributed by atoms with Crippen LogP contribution in [0.5, 0.6) is 23.0 Å².